The number of ether oxygens (including phenoxy) is 1. The average Bonchev–Trinajstić information content (AvgIpc) is 2.36. The number of rotatable bonds is 6. The highest BCUT2D eigenvalue weighted by Crippen LogP contribution is 2.16. The topological polar surface area (TPSA) is 97.7 Å². The van der Waals surface area contributed by atoms with Crippen LogP contribution in [0.4, 0.5) is 0 Å². The van der Waals surface area contributed by atoms with Gasteiger partial charge in [0.2, 0.25) is 0 Å². The zero-order valence-corrected chi connectivity index (χ0v) is 13.6. The van der Waals surface area contributed by atoms with Gasteiger partial charge in [0.15, 0.2) is 9.84 Å². The average molecular weight is 328 g/mol. The molecule has 0 aliphatic carbocycles. The van der Waals surface area contributed by atoms with E-state index in [1.54, 1.807) is 20.8 Å². The molecule has 7 heteroatoms. The molecular formula is C15H20O6S. The number of carboxylic acid groups (broad SMARTS) is 1. The maximum Gasteiger partial charge on any atom is 0.335 e. The van der Waals surface area contributed by atoms with E-state index in [0.29, 0.717) is 0 Å². The SMILES string of the molecule is CC(C)(C)OC(=O)CCCS(=O)(=O)c1cccc(C(=O)O)c1. The summed E-state index contributed by atoms with van der Waals surface area (Å²) in [6.45, 7) is 5.21. The van der Waals surface area contributed by atoms with Crippen LogP contribution < -0.4 is 0 Å². The third-order valence-corrected chi connectivity index (χ3v) is 4.45. The van der Waals surface area contributed by atoms with Gasteiger partial charge in [-0.25, -0.2) is 13.2 Å². The van der Waals surface area contributed by atoms with E-state index in [1.165, 1.54) is 18.2 Å². The summed E-state index contributed by atoms with van der Waals surface area (Å²) in [5.41, 5.74) is -0.695. The quantitative estimate of drug-likeness (QED) is 0.805. The molecule has 22 heavy (non-hydrogen) atoms. The number of carbonyl (C=O) groups is 2. The van der Waals surface area contributed by atoms with Crippen molar-refractivity contribution in [2.24, 2.45) is 0 Å². The highest BCUT2D eigenvalue weighted by atomic mass is 32.2. The predicted octanol–water partition coefficient (Wildman–Crippen LogP) is 2.28. The van der Waals surface area contributed by atoms with Crippen molar-refractivity contribution in [2.45, 2.75) is 44.1 Å². The summed E-state index contributed by atoms with van der Waals surface area (Å²) in [4.78, 5) is 22.3. The van der Waals surface area contributed by atoms with E-state index in [9.17, 15) is 18.0 Å². The first-order valence-corrected chi connectivity index (χ1v) is 8.44. The van der Waals surface area contributed by atoms with E-state index in [2.05, 4.69) is 0 Å². The van der Waals surface area contributed by atoms with Gasteiger partial charge in [0.1, 0.15) is 5.60 Å². The Morgan fingerprint density at radius 3 is 2.41 bits per heavy atom. The molecule has 0 saturated carbocycles. The van der Waals surface area contributed by atoms with Gasteiger partial charge in [0.25, 0.3) is 0 Å². The van der Waals surface area contributed by atoms with Crippen LogP contribution in [0.3, 0.4) is 0 Å². The van der Waals surface area contributed by atoms with Gasteiger partial charge in [-0.15, -0.1) is 0 Å². The summed E-state index contributed by atoms with van der Waals surface area (Å²) in [5.74, 6) is -1.89. The molecule has 0 aliphatic rings. The van der Waals surface area contributed by atoms with Crippen LogP contribution >= 0.6 is 0 Å². The zero-order chi connectivity index (χ0) is 17.0. The molecule has 0 radical (unpaired) electrons. The maximum absolute atomic E-state index is 12.1. The van der Waals surface area contributed by atoms with Gasteiger partial charge in [-0.3, -0.25) is 4.79 Å². The third-order valence-electron chi connectivity index (χ3n) is 2.65. The monoisotopic (exact) mass is 328 g/mol. The minimum atomic E-state index is -3.63. The fourth-order valence-corrected chi connectivity index (χ4v) is 3.09. The minimum absolute atomic E-state index is 0.00484. The van der Waals surface area contributed by atoms with E-state index in [0.717, 1.165) is 6.07 Å². The predicted molar refractivity (Wildman–Crippen MR) is 80.5 cm³/mol. The van der Waals surface area contributed by atoms with Crippen LogP contribution in [0.25, 0.3) is 0 Å². The Labute approximate surface area is 130 Å². The second kappa shape index (κ2) is 6.91. The van der Waals surface area contributed by atoms with E-state index in [4.69, 9.17) is 9.84 Å². The van der Waals surface area contributed by atoms with Crippen molar-refractivity contribution in [3.8, 4) is 0 Å². The summed E-state index contributed by atoms with van der Waals surface area (Å²) in [6, 6.07) is 5.16. The molecule has 1 aromatic carbocycles. The van der Waals surface area contributed by atoms with E-state index >= 15 is 0 Å². The Bertz CT molecular complexity index is 655. The third kappa shape index (κ3) is 5.85. The van der Waals surface area contributed by atoms with Crippen molar-refractivity contribution in [1.29, 1.82) is 0 Å². The van der Waals surface area contributed by atoms with E-state index < -0.39 is 27.4 Å². The molecule has 0 fully saturated rings. The van der Waals surface area contributed by atoms with Gasteiger partial charge in [-0.1, -0.05) is 6.07 Å². The molecule has 0 amide bonds. The molecular weight excluding hydrogens is 308 g/mol. The molecule has 0 bridgehead atoms. The van der Waals surface area contributed by atoms with Crippen LogP contribution in [0.15, 0.2) is 29.2 Å². The van der Waals surface area contributed by atoms with Gasteiger partial charge in [-0.2, -0.15) is 0 Å². The molecule has 0 unspecified atom stereocenters. The second-order valence-electron chi connectivity index (χ2n) is 5.84. The molecule has 0 heterocycles. The molecule has 0 aromatic heterocycles. The van der Waals surface area contributed by atoms with Crippen molar-refractivity contribution in [3.05, 3.63) is 29.8 Å². The zero-order valence-electron chi connectivity index (χ0n) is 12.8. The lowest BCUT2D eigenvalue weighted by molar-refractivity contribution is -0.154. The summed E-state index contributed by atoms with van der Waals surface area (Å²) in [6.07, 6.45) is 0.115. The number of carboxylic acids is 1. The van der Waals surface area contributed by atoms with Gasteiger partial charge >= 0.3 is 11.9 Å². The van der Waals surface area contributed by atoms with Crippen molar-refractivity contribution in [2.75, 3.05) is 5.75 Å². The molecule has 0 aliphatic heterocycles. The lowest BCUT2D eigenvalue weighted by atomic mass is 10.2. The number of sulfone groups is 1. The molecule has 122 valence electrons. The van der Waals surface area contributed by atoms with Crippen LogP contribution in [0.1, 0.15) is 44.0 Å². The molecule has 0 spiro atoms. The smallest absolute Gasteiger partial charge is 0.335 e. The van der Waals surface area contributed by atoms with Crippen molar-refractivity contribution < 1.29 is 27.9 Å². The van der Waals surface area contributed by atoms with Gasteiger partial charge in [-0.05, 0) is 45.4 Å². The number of carbonyl (C=O) groups excluding carboxylic acids is 1. The minimum Gasteiger partial charge on any atom is -0.478 e. The fourth-order valence-electron chi connectivity index (χ4n) is 1.74. The Balaban J connectivity index is 2.67. The Kier molecular flexibility index (Phi) is 5.71. The number of esters is 1. The summed E-state index contributed by atoms with van der Waals surface area (Å²) in [7, 11) is -3.63. The Morgan fingerprint density at radius 2 is 1.86 bits per heavy atom. The van der Waals surface area contributed by atoms with Crippen molar-refractivity contribution >= 4 is 21.8 Å². The van der Waals surface area contributed by atoms with Crippen LogP contribution in [0.5, 0.6) is 0 Å². The second-order valence-corrected chi connectivity index (χ2v) is 7.95. The first-order valence-electron chi connectivity index (χ1n) is 6.79. The highest BCUT2D eigenvalue weighted by molar-refractivity contribution is 7.91. The molecule has 0 saturated heterocycles. The number of hydrogen-bond donors (Lipinski definition) is 1. The molecule has 1 N–H and O–H groups in total. The van der Waals surface area contributed by atoms with Gasteiger partial charge in [0, 0.05) is 6.42 Å². The van der Waals surface area contributed by atoms with Gasteiger partial charge < -0.3 is 9.84 Å². The summed E-state index contributed by atoms with van der Waals surface area (Å²) >= 11 is 0. The Morgan fingerprint density at radius 1 is 1.23 bits per heavy atom. The van der Waals surface area contributed by atoms with E-state index in [1.807, 2.05) is 0 Å². The van der Waals surface area contributed by atoms with Crippen LogP contribution in [-0.2, 0) is 19.4 Å². The van der Waals surface area contributed by atoms with E-state index in [-0.39, 0.29) is 29.1 Å². The molecule has 1 aromatic rings. The lowest BCUT2D eigenvalue weighted by Crippen LogP contribution is -2.24. The van der Waals surface area contributed by atoms with Crippen LogP contribution in [0.2, 0.25) is 0 Å². The van der Waals surface area contributed by atoms with Gasteiger partial charge in [0.05, 0.1) is 16.2 Å². The van der Waals surface area contributed by atoms with Crippen LogP contribution in [0, 0.1) is 0 Å². The molecule has 6 nitrogen and oxygen atoms in total. The maximum atomic E-state index is 12.1. The van der Waals surface area contributed by atoms with Crippen molar-refractivity contribution in [3.63, 3.8) is 0 Å². The number of aromatic carboxylic acids is 1. The Hall–Kier alpha value is -1.89. The standard InChI is InChI=1S/C15H20O6S/c1-15(2,3)21-13(16)8-5-9-22(19,20)12-7-4-6-11(10-12)14(17)18/h4,6-7,10H,5,8-9H2,1-3H3,(H,17,18). The summed E-state index contributed by atoms with van der Waals surface area (Å²) in [5, 5.41) is 8.88. The van der Waals surface area contributed by atoms with Crippen molar-refractivity contribution in [1.82, 2.24) is 0 Å². The number of benzene rings is 1. The highest BCUT2D eigenvalue weighted by Gasteiger charge is 2.19. The lowest BCUT2D eigenvalue weighted by Gasteiger charge is -2.19. The summed E-state index contributed by atoms with van der Waals surface area (Å²) < 4.78 is 29.4. The van der Waals surface area contributed by atoms with Crippen LogP contribution in [-0.4, -0.2) is 36.8 Å². The molecule has 0 atom stereocenters. The first-order chi connectivity index (χ1) is 10.0. The normalized spacial score (nSPS) is 12.0. The fraction of sp³-hybridized carbons (Fsp3) is 0.467. The molecule has 1 rings (SSSR count). The number of hydrogen-bond acceptors (Lipinski definition) is 5. The first kappa shape index (κ1) is 18.2. The largest absolute Gasteiger partial charge is 0.478 e.